The molecule has 0 aromatic carbocycles. The minimum absolute atomic E-state index is 0.168. The third kappa shape index (κ3) is 6.61. The van der Waals surface area contributed by atoms with Crippen LogP contribution in [0, 0.1) is 0 Å². The van der Waals surface area contributed by atoms with Gasteiger partial charge in [0.25, 0.3) is 0 Å². The van der Waals surface area contributed by atoms with Crippen LogP contribution in [0.25, 0.3) is 0 Å². The van der Waals surface area contributed by atoms with E-state index in [2.05, 4.69) is 39.3 Å². The van der Waals surface area contributed by atoms with E-state index in [9.17, 15) is 16.8 Å². The third-order valence-electron chi connectivity index (χ3n) is 6.06. The Hall–Kier alpha value is 0.174. The lowest BCUT2D eigenvalue weighted by atomic mass is 10.1. The first-order valence-corrected chi connectivity index (χ1v) is 21.8. The Kier molecular flexibility index (Phi) is 6.77. The van der Waals surface area contributed by atoms with Crippen LogP contribution in [0.1, 0.15) is 13.8 Å². The topological polar surface area (TPSA) is 92.8 Å². The first-order chi connectivity index (χ1) is 13.8. The van der Waals surface area contributed by atoms with Crippen molar-refractivity contribution in [2.24, 2.45) is 0 Å². The van der Waals surface area contributed by atoms with Crippen molar-refractivity contribution in [2.75, 3.05) is 24.6 Å². The molecule has 0 amide bonds. The molecule has 3 aliphatic rings. The number of ether oxygens (including phenoxy) is 2. The van der Waals surface area contributed by atoms with Gasteiger partial charge in [0.1, 0.15) is 12.2 Å². The van der Waals surface area contributed by atoms with E-state index < -0.39 is 54.2 Å². The Bertz CT molecular complexity index is 823. The summed E-state index contributed by atoms with van der Waals surface area (Å²) in [4.78, 5) is 0. The van der Waals surface area contributed by atoms with E-state index in [1.165, 1.54) is 8.61 Å². The average Bonchev–Trinajstić information content (AvgIpc) is 3.46. The highest BCUT2D eigenvalue weighted by Crippen LogP contribution is 2.44. The maximum absolute atomic E-state index is 12.8. The summed E-state index contributed by atoms with van der Waals surface area (Å²) in [7, 11) is -9.60. The minimum Gasteiger partial charge on any atom is -0.343 e. The van der Waals surface area contributed by atoms with E-state index in [-0.39, 0.29) is 23.6 Å². The molecular weight excluding hydrogens is 473 g/mol. The predicted octanol–water partition coefficient (Wildman–Crippen LogP) is 2.21. The molecule has 0 saturated carbocycles. The summed E-state index contributed by atoms with van der Waals surface area (Å²) in [6.45, 7) is 17.4. The lowest BCUT2D eigenvalue weighted by Gasteiger charge is -2.19. The zero-order valence-electron chi connectivity index (χ0n) is 20.2. The Morgan fingerprint density at radius 3 is 1.35 bits per heavy atom. The highest BCUT2D eigenvalue weighted by molar-refractivity contribution is 7.89. The summed E-state index contributed by atoms with van der Waals surface area (Å²) in [5, 5.41) is 0. The summed E-state index contributed by atoms with van der Waals surface area (Å²) in [6, 6.07) is 0.902. The summed E-state index contributed by atoms with van der Waals surface area (Å²) < 4.78 is 66.5. The van der Waals surface area contributed by atoms with Gasteiger partial charge < -0.3 is 9.47 Å². The number of hydrogen-bond donors (Lipinski definition) is 0. The predicted molar refractivity (Wildman–Crippen MR) is 129 cm³/mol. The van der Waals surface area contributed by atoms with Crippen molar-refractivity contribution < 1.29 is 26.3 Å². The molecule has 12 heteroatoms. The second kappa shape index (κ2) is 8.14. The highest BCUT2D eigenvalue weighted by Gasteiger charge is 2.62. The largest absolute Gasteiger partial charge is 0.343 e. The summed E-state index contributed by atoms with van der Waals surface area (Å²) >= 11 is 0. The minimum atomic E-state index is -3.33. The van der Waals surface area contributed by atoms with Gasteiger partial charge in [-0.25, -0.2) is 16.8 Å². The van der Waals surface area contributed by atoms with Gasteiger partial charge >= 0.3 is 0 Å². The second-order valence-electron chi connectivity index (χ2n) is 12.1. The maximum Gasteiger partial charge on any atom is 0.214 e. The SMILES string of the molecule is CC1(C)O[C@H]([C@@H]2CN2S(=O)(=O)CC[Si](C)(C)C)[C@@H]([C@@H]2CN2S(=O)(=O)CC[Si](C)(C)C)O1. The van der Waals surface area contributed by atoms with Crippen molar-refractivity contribution in [3.63, 3.8) is 0 Å². The molecule has 31 heavy (non-hydrogen) atoms. The number of rotatable bonds is 10. The molecule has 8 nitrogen and oxygen atoms in total. The number of sulfonamides is 2. The van der Waals surface area contributed by atoms with Gasteiger partial charge in [-0.15, -0.1) is 0 Å². The first-order valence-electron chi connectivity index (χ1n) is 11.2. The number of nitrogens with zero attached hydrogens (tertiary/aromatic N) is 2. The van der Waals surface area contributed by atoms with Crippen LogP contribution < -0.4 is 0 Å². The van der Waals surface area contributed by atoms with Gasteiger partial charge in [-0.1, -0.05) is 39.3 Å². The van der Waals surface area contributed by atoms with Gasteiger partial charge in [0.15, 0.2) is 5.79 Å². The molecule has 6 atom stereocenters. The number of hydrogen-bond acceptors (Lipinski definition) is 6. The fourth-order valence-electron chi connectivity index (χ4n) is 3.97. The van der Waals surface area contributed by atoms with E-state index in [1.54, 1.807) is 13.8 Å². The molecule has 3 rings (SSSR count). The molecule has 2 unspecified atom stereocenters. The van der Waals surface area contributed by atoms with Crippen molar-refractivity contribution in [1.82, 2.24) is 8.61 Å². The third-order valence-corrected chi connectivity index (χ3v) is 14.0. The summed E-state index contributed by atoms with van der Waals surface area (Å²) in [6.07, 6.45) is -0.891. The Morgan fingerprint density at radius 1 is 0.742 bits per heavy atom. The molecule has 0 aromatic heterocycles. The Labute approximate surface area is 190 Å². The monoisotopic (exact) mass is 512 g/mol. The van der Waals surface area contributed by atoms with E-state index in [0.717, 1.165) is 12.1 Å². The zero-order chi connectivity index (χ0) is 23.6. The van der Waals surface area contributed by atoms with Gasteiger partial charge in [0.2, 0.25) is 20.0 Å². The van der Waals surface area contributed by atoms with E-state index >= 15 is 0 Å². The molecular formula is C19H40N2O6S2Si2. The maximum atomic E-state index is 12.8. The molecule has 3 heterocycles. The lowest BCUT2D eigenvalue weighted by Crippen LogP contribution is -2.38. The van der Waals surface area contributed by atoms with Crippen LogP contribution in [0.2, 0.25) is 51.4 Å². The molecule has 0 aromatic rings. The lowest BCUT2D eigenvalue weighted by molar-refractivity contribution is -0.146. The van der Waals surface area contributed by atoms with Crippen LogP contribution in [0.4, 0.5) is 0 Å². The highest BCUT2D eigenvalue weighted by atomic mass is 32.2. The molecule has 3 saturated heterocycles. The summed E-state index contributed by atoms with van der Waals surface area (Å²) in [5.41, 5.74) is 0. The second-order valence-corrected chi connectivity index (χ2v) is 27.4. The standard InChI is InChI=1S/C19H40N2O6S2Si2/c1-19(2)26-17(15-13-20(15)28(22,23)9-11-30(3,4)5)18(27-19)16-14-21(16)29(24,25)10-12-31(6,7)8/h15-18H,9-14H2,1-8H3/t15-,16-,17+,18+,20?,21?/m0/s1. The first kappa shape index (κ1) is 25.8. The molecule has 3 aliphatic heterocycles. The van der Waals surface area contributed by atoms with Gasteiger partial charge in [0, 0.05) is 29.2 Å². The van der Waals surface area contributed by atoms with Crippen LogP contribution in [-0.4, -0.2) is 96.3 Å². The fraction of sp³-hybridized carbons (Fsp3) is 1.00. The smallest absolute Gasteiger partial charge is 0.214 e. The van der Waals surface area contributed by atoms with Crippen molar-refractivity contribution in [3.05, 3.63) is 0 Å². The molecule has 182 valence electrons. The molecule has 0 aliphatic carbocycles. The van der Waals surface area contributed by atoms with Crippen LogP contribution in [0.5, 0.6) is 0 Å². The van der Waals surface area contributed by atoms with E-state index in [1.807, 2.05) is 0 Å². The molecule has 0 N–H and O–H groups in total. The van der Waals surface area contributed by atoms with Gasteiger partial charge in [-0.2, -0.15) is 8.61 Å². The Morgan fingerprint density at radius 2 is 1.06 bits per heavy atom. The van der Waals surface area contributed by atoms with Crippen molar-refractivity contribution >= 4 is 36.2 Å². The van der Waals surface area contributed by atoms with Crippen LogP contribution in [0.3, 0.4) is 0 Å². The van der Waals surface area contributed by atoms with Gasteiger partial charge in [0.05, 0.1) is 23.6 Å². The zero-order valence-corrected chi connectivity index (χ0v) is 23.8. The molecule has 0 bridgehead atoms. The normalized spacial score (nSPS) is 35.9. The summed E-state index contributed by atoms with van der Waals surface area (Å²) in [5.74, 6) is -0.523. The van der Waals surface area contributed by atoms with Crippen molar-refractivity contribution in [1.29, 1.82) is 0 Å². The Balaban J connectivity index is 1.66. The van der Waals surface area contributed by atoms with Gasteiger partial charge in [-0.05, 0) is 25.9 Å². The molecule has 0 spiro atoms. The quantitative estimate of drug-likeness (QED) is 0.329. The van der Waals surface area contributed by atoms with E-state index in [0.29, 0.717) is 13.1 Å². The molecule has 0 radical (unpaired) electrons. The van der Waals surface area contributed by atoms with E-state index in [4.69, 9.17) is 9.47 Å². The van der Waals surface area contributed by atoms with Crippen LogP contribution in [0.15, 0.2) is 0 Å². The van der Waals surface area contributed by atoms with Crippen molar-refractivity contribution in [2.45, 2.75) is 95.3 Å². The average molecular weight is 513 g/mol. The van der Waals surface area contributed by atoms with Crippen LogP contribution in [-0.2, 0) is 29.5 Å². The van der Waals surface area contributed by atoms with Gasteiger partial charge in [-0.3, -0.25) is 0 Å². The molecule has 3 fully saturated rings. The fourth-order valence-corrected chi connectivity index (χ4v) is 13.2. The van der Waals surface area contributed by atoms with Crippen LogP contribution >= 0.6 is 0 Å². The van der Waals surface area contributed by atoms with Crippen molar-refractivity contribution in [3.8, 4) is 0 Å².